The van der Waals surface area contributed by atoms with Crippen molar-refractivity contribution < 1.29 is 24.2 Å². The van der Waals surface area contributed by atoms with E-state index >= 15 is 0 Å². The molecule has 2 fully saturated rings. The molecule has 1 aromatic rings. The maximum atomic E-state index is 14.4. The number of esters is 1. The van der Waals surface area contributed by atoms with Crippen molar-refractivity contribution in [2.24, 2.45) is 11.8 Å². The maximum Gasteiger partial charge on any atom is 0.311 e. The van der Waals surface area contributed by atoms with Crippen LogP contribution in [0.4, 0.5) is 5.69 Å². The minimum absolute atomic E-state index is 0.0837. The van der Waals surface area contributed by atoms with E-state index in [4.69, 9.17) is 16.3 Å². The molecule has 2 saturated heterocycles. The Morgan fingerprint density at radius 3 is 2.68 bits per heavy atom. The number of aliphatic hydroxyl groups is 1. The number of ether oxygens (including phenoxy) is 1. The number of nitrogens with zero attached hydrogens (tertiary/aromatic N) is 2. The van der Waals surface area contributed by atoms with Gasteiger partial charge in [0, 0.05) is 24.4 Å². The molecule has 9 heteroatoms. The van der Waals surface area contributed by atoms with Gasteiger partial charge in [0.1, 0.15) is 6.04 Å². The number of cyclic esters (lactones) is 1. The average molecular weight is 545 g/mol. The number of thioether (sulfide) groups is 1. The van der Waals surface area contributed by atoms with E-state index < -0.39 is 27.4 Å². The van der Waals surface area contributed by atoms with Crippen molar-refractivity contribution in [2.45, 2.75) is 54.6 Å². The molecule has 0 radical (unpaired) electrons. The van der Waals surface area contributed by atoms with E-state index in [9.17, 15) is 19.5 Å². The molecule has 0 aromatic heterocycles. The van der Waals surface area contributed by atoms with E-state index in [1.54, 1.807) is 27.6 Å². The SMILES string of the molecule is C[C@]12/C=C\CCCOC(=O)[C@H]1[C@H]1C(=O)N(CCCCCO)C3C(=O)N(c4ccccc4Cl)CC=C[C@@]31S2. The summed E-state index contributed by atoms with van der Waals surface area (Å²) in [5.74, 6) is -2.17. The Morgan fingerprint density at radius 1 is 1.08 bits per heavy atom. The molecule has 2 amide bonds. The minimum Gasteiger partial charge on any atom is -0.465 e. The summed E-state index contributed by atoms with van der Waals surface area (Å²) in [7, 11) is 0. The molecule has 4 aliphatic rings. The Morgan fingerprint density at radius 2 is 1.89 bits per heavy atom. The van der Waals surface area contributed by atoms with Crippen LogP contribution in [0, 0.1) is 11.8 Å². The molecule has 1 spiro atoms. The van der Waals surface area contributed by atoms with Crippen LogP contribution in [0.1, 0.15) is 39.0 Å². The molecule has 198 valence electrons. The molecule has 0 aliphatic carbocycles. The number of carbonyl (C=O) groups is 3. The third-order valence-electron chi connectivity index (χ3n) is 7.95. The molecule has 1 unspecified atom stereocenters. The van der Waals surface area contributed by atoms with Crippen molar-refractivity contribution in [2.75, 3.05) is 31.2 Å². The number of carbonyl (C=O) groups excluding carboxylic acids is 3. The summed E-state index contributed by atoms with van der Waals surface area (Å²) in [6.07, 6.45) is 11.6. The normalized spacial score (nSPS) is 34.1. The van der Waals surface area contributed by atoms with Crippen LogP contribution in [0.25, 0.3) is 0 Å². The first kappa shape index (κ1) is 26.3. The smallest absolute Gasteiger partial charge is 0.311 e. The third kappa shape index (κ3) is 4.41. The van der Waals surface area contributed by atoms with Crippen LogP contribution in [0.2, 0.25) is 5.02 Å². The monoisotopic (exact) mass is 544 g/mol. The number of fused-ring (bicyclic) bond motifs is 2. The minimum atomic E-state index is -0.914. The van der Waals surface area contributed by atoms with Gasteiger partial charge in [0.25, 0.3) is 5.91 Å². The van der Waals surface area contributed by atoms with E-state index in [1.165, 1.54) is 0 Å². The number of hydrogen-bond donors (Lipinski definition) is 1. The van der Waals surface area contributed by atoms with Crippen LogP contribution in [0.5, 0.6) is 0 Å². The van der Waals surface area contributed by atoms with Crippen molar-refractivity contribution in [3.8, 4) is 0 Å². The summed E-state index contributed by atoms with van der Waals surface area (Å²) in [4.78, 5) is 45.4. The fourth-order valence-electron chi connectivity index (χ4n) is 6.33. The highest BCUT2D eigenvalue weighted by Crippen LogP contribution is 2.65. The van der Waals surface area contributed by atoms with Crippen molar-refractivity contribution in [3.63, 3.8) is 0 Å². The second kappa shape index (κ2) is 10.5. The lowest BCUT2D eigenvalue weighted by atomic mass is 9.74. The van der Waals surface area contributed by atoms with Gasteiger partial charge in [0.2, 0.25) is 5.91 Å². The molecule has 5 atom stereocenters. The second-order valence-electron chi connectivity index (χ2n) is 10.3. The first-order valence-corrected chi connectivity index (χ1v) is 14.2. The Kier molecular flexibility index (Phi) is 7.44. The summed E-state index contributed by atoms with van der Waals surface area (Å²) >= 11 is 8.05. The first-order chi connectivity index (χ1) is 17.8. The maximum absolute atomic E-state index is 14.4. The lowest BCUT2D eigenvalue weighted by molar-refractivity contribution is -0.154. The lowest BCUT2D eigenvalue weighted by Gasteiger charge is -2.37. The van der Waals surface area contributed by atoms with Gasteiger partial charge in [0.05, 0.1) is 33.9 Å². The van der Waals surface area contributed by atoms with E-state index in [1.807, 2.05) is 43.4 Å². The number of halogens is 1. The lowest BCUT2D eigenvalue weighted by Crippen LogP contribution is -2.53. The molecule has 0 bridgehead atoms. The zero-order chi connectivity index (χ0) is 26.2. The molecule has 0 saturated carbocycles. The van der Waals surface area contributed by atoms with Gasteiger partial charge in [-0.1, -0.05) is 48.0 Å². The van der Waals surface area contributed by atoms with Crippen molar-refractivity contribution in [1.29, 1.82) is 0 Å². The van der Waals surface area contributed by atoms with Gasteiger partial charge >= 0.3 is 5.97 Å². The fraction of sp³-hybridized carbons (Fsp3) is 0.536. The van der Waals surface area contributed by atoms with E-state index in [-0.39, 0.29) is 24.4 Å². The number of para-hydroxylation sites is 1. The number of allylic oxidation sites excluding steroid dienone is 1. The Bertz CT molecular complexity index is 1140. The largest absolute Gasteiger partial charge is 0.465 e. The van der Waals surface area contributed by atoms with Crippen LogP contribution in [0.15, 0.2) is 48.6 Å². The Balaban J connectivity index is 1.61. The highest BCUT2D eigenvalue weighted by Gasteiger charge is 2.73. The number of anilines is 1. The Labute approximate surface area is 226 Å². The van der Waals surface area contributed by atoms with E-state index in [0.29, 0.717) is 43.2 Å². The zero-order valence-corrected chi connectivity index (χ0v) is 22.5. The predicted molar refractivity (Wildman–Crippen MR) is 144 cm³/mol. The number of amides is 2. The topological polar surface area (TPSA) is 87.1 Å². The quantitative estimate of drug-likeness (QED) is 0.331. The molecule has 1 aromatic carbocycles. The van der Waals surface area contributed by atoms with Crippen LogP contribution in [-0.2, 0) is 19.1 Å². The van der Waals surface area contributed by atoms with E-state index in [0.717, 1.165) is 19.3 Å². The summed E-state index contributed by atoms with van der Waals surface area (Å²) in [6.45, 7) is 3.09. The average Bonchev–Trinajstić information content (AvgIpc) is 3.22. The highest BCUT2D eigenvalue weighted by atomic mass is 35.5. The van der Waals surface area contributed by atoms with Gasteiger partial charge in [0.15, 0.2) is 0 Å². The molecule has 4 aliphatic heterocycles. The van der Waals surface area contributed by atoms with Gasteiger partial charge in [-0.05, 0) is 51.2 Å². The molecule has 4 heterocycles. The second-order valence-corrected chi connectivity index (χ2v) is 12.5. The number of likely N-dealkylation sites (tertiary alicyclic amines) is 1. The van der Waals surface area contributed by atoms with Crippen LogP contribution >= 0.6 is 23.4 Å². The summed E-state index contributed by atoms with van der Waals surface area (Å²) in [5.41, 5.74) is 0.600. The van der Waals surface area contributed by atoms with Crippen LogP contribution < -0.4 is 4.90 Å². The number of aliphatic hydroxyl groups excluding tert-OH is 1. The van der Waals surface area contributed by atoms with Gasteiger partial charge in [-0.3, -0.25) is 14.4 Å². The first-order valence-electron chi connectivity index (χ1n) is 13.0. The molecule has 1 N–H and O–H groups in total. The highest BCUT2D eigenvalue weighted by molar-refractivity contribution is 8.02. The number of benzene rings is 1. The summed E-state index contributed by atoms with van der Waals surface area (Å²) < 4.78 is 4.06. The zero-order valence-electron chi connectivity index (χ0n) is 21.0. The molecule has 5 rings (SSSR count). The predicted octanol–water partition coefficient (Wildman–Crippen LogP) is 3.99. The molecule has 7 nitrogen and oxygen atoms in total. The number of unbranched alkanes of at least 4 members (excludes halogenated alkanes) is 2. The van der Waals surface area contributed by atoms with Gasteiger partial charge in [-0.25, -0.2) is 0 Å². The van der Waals surface area contributed by atoms with Gasteiger partial charge < -0.3 is 19.6 Å². The fourth-order valence-corrected chi connectivity index (χ4v) is 8.72. The van der Waals surface area contributed by atoms with E-state index in [2.05, 4.69) is 6.08 Å². The standard InChI is InChI=1S/C28H33ClN2O5S/c1-27-13-6-2-9-18-36-26(35)22(27)21-24(33)31(15-7-3-8-17-32)23-25(34)30(16-10-14-28(21,23)37-27)20-12-5-4-11-19(20)29/h4-6,10-14,21-23,32H,2-3,7-9,15-18H2,1H3/b13-6-/t21-,22+,23?,27-,28-/m0/s1. The number of hydrogen-bond acceptors (Lipinski definition) is 6. The third-order valence-corrected chi connectivity index (χ3v) is 10.1. The van der Waals surface area contributed by atoms with Crippen LogP contribution in [-0.4, -0.2) is 69.6 Å². The summed E-state index contributed by atoms with van der Waals surface area (Å²) in [5, 5.41) is 9.69. The van der Waals surface area contributed by atoms with Crippen LogP contribution in [0.3, 0.4) is 0 Å². The molecular weight excluding hydrogens is 512 g/mol. The van der Waals surface area contributed by atoms with Crippen molar-refractivity contribution >= 4 is 46.8 Å². The van der Waals surface area contributed by atoms with Crippen molar-refractivity contribution in [1.82, 2.24) is 4.90 Å². The number of rotatable bonds is 6. The van der Waals surface area contributed by atoms with Gasteiger partial charge in [-0.15, -0.1) is 11.8 Å². The Hall–Kier alpha value is -2.29. The van der Waals surface area contributed by atoms with Crippen molar-refractivity contribution in [3.05, 3.63) is 53.6 Å². The molecular formula is C28H33ClN2O5S. The van der Waals surface area contributed by atoms with Gasteiger partial charge in [-0.2, -0.15) is 0 Å². The molecule has 37 heavy (non-hydrogen) atoms. The summed E-state index contributed by atoms with van der Waals surface area (Å²) in [6, 6.07) is 6.43.